The van der Waals surface area contributed by atoms with Gasteiger partial charge in [0.05, 0.1) is 0 Å². The Morgan fingerprint density at radius 1 is 1.20 bits per heavy atom. The van der Waals surface area contributed by atoms with Crippen molar-refractivity contribution in [3.63, 3.8) is 0 Å². The van der Waals surface area contributed by atoms with Crippen LogP contribution in [0.1, 0.15) is 47.9 Å². The molecule has 0 saturated heterocycles. The summed E-state index contributed by atoms with van der Waals surface area (Å²) in [6.45, 7) is 6.10. The lowest BCUT2D eigenvalue weighted by atomic mass is 9.88. The van der Waals surface area contributed by atoms with Gasteiger partial charge in [0.1, 0.15) is 6.29 Å². The second kappa shape index (κ2) is 4.39. The number of hydrogen-bond acceptors (Lipinski definition) is 2. The van der Waals surface area contributed by atoms with Gasteiger partial charge in [0.15, 0.2) is 5.78 Å². The first-order valence-corrected chi connectivity index (χ1v) is 5.01. The summed E-state index contributed by atoms with van der Waals surface area (Å²) >= 11 is 0. The zero-order chi connectivity index (χ0) is 11.5. The van der Waals surface area contributed by atoms with Gasteiger partial charge in [0.25, 0.3) is 0 Å². The molecule has 1 aromatic rings. The second-order valence-electron chi connectivity index (χ2n) is 4.90. The van der Waals surface area contributed by atoms with E-state index in [1.807, 2.05) is 20.8 Å². The third-order valence-corrected chi connectivity index (χ3v) is 2.06. The normalized spacial score (nSPS) is 11.1. The van der Waals surface area contributed by atoms with E-state index >= 15 is 0 Å². The highest BCUT2D eigenvalue weighted by atomic mass is 16.1. The lowest BCUT2D eigenvalue weighted by Gasteiger charge is -2.16. The summed E-state index contributed by atoms with van der Waals surface area (Å²) in [5, 5.41) is 0. The van der Waals surface area contributed by atoms with Crippen molar-refractivity contribution in [1.29, 1.82) is 0 Å². The Labute approximate surface area is 90.3 Å². The fourth-order valence-corrected chi connectivity index (χ4v) is 1.33. The molecule has 0 atom stereocenters. The largest absolute Gasteiger partial charge is 0.298 e. The van der Waals surface area contributed by atoms with Crippen LogP contribution in [0, 0.1) is 5.41 Å². The molecule has 1 rings (SSSR count). The topological polar surface area (TPSA) is 34.1 Å². The van der Waals surface area contributed by atoms with Crippen LogP contribution in [0.15, 0.2) is 24.3 Å². The molecule has 0 N–H and O–H groups in total. The zero-order valence-corrected chi connectivity index (χ0v) is 9.41. The Balaban J connectivity index is 2.79. The minimum absolute atomic E-state index is 0.000411. The predicted molar refractivity (Wildman–Crippen MR) is 60.2 cm³/mol. The smallest absolute Gasteiger partial charge is 0.163 e. The molecule has 0 aliphatic heterocycles. The molecule has 2 nitrogen and oxygen atoms in total. The molecule has 15 heavy (non-hydrogen) atoms. The van der Waals surface area contributed by atoms with Gasteiger partial charge < -0.3 is 0 Å². The van der Waals surface area contributed by atoms with Gasteiger partial charge in [-0.1, -0.05) is 45.0 Å². The summed E-state index contributed by atoms with van der Waals surface area (Å²) in [7, 11) is 0. The molecule has 2 heteroatoms. The van der Waals surface area contributed by atoms with Gasteiger partial charge in [-0.3, -0.25) is 9.59 Å². The Morgan fingerprint density at radius 3 is 2.13 bits per heavy atom. The highest BCUT2D eigenvalue weighted by Gasteiger charge is 2.16. The SMILES string of the molecule is CC(C)(C)CC(=O)c1ccc(C=O)cc1. The molecule has 0 spiro atoms. The first-order valence-electron chi connectivity index (χ1n) is 5.01. The van der Waals surface area contributed by atoms with E-state index < -0.39 is 0 Å². The van der Waals surface area contributed by atoms with Crippen LogP contribution in [-0.2, 0) is 0 Å². The maximum absolute atomic E-state index is 11.8. The lowest BCUT2D eigenvalue weighted by molar-refractivity contribution is 0.0939. The van der Waals surface area contributed by atoms with E-state index in [2.05, 4.69) is 0 Å². The number of aldehydes is 1. The first-order chi connectivity index (χ1) is 6.92. The van der Waals surface area contributed by atoms with Crippen molar-refractivity contribution >= 4 is 12.1 Å². The highest BCUT2D eigenvalue weighted by molar-refractivity contribution is 5.96. The average molecular weight is 204 g/mol. The molecule has 0 aliphatic carbocycles. The van der Waals surface area contributed by atoms with E-state index in [1.165, 1.54) is 0 Å². The molecular formula is C13H16O2. The maximum atomic E-state index is 11.8. The third kappa shape index (κ3) is 3.66. The van der Waals surface area contributed by atoms with Crippen LogP contribution >= 0.6 is 0 Å². The van der Waals surface area contributed by atoms with E-state index in [1.54, 1.807) is 24.3 Å². The minimum Gasteiger partial charge on any atom is -0.298 e. The molecule has 0 radical (unpaired) electrons. The predicted octanol–water partition coefficient (Wildman–Crippen LogP) is 3.12. The summed E-state index contributed by atoms with van der Waals surface area (Å²) in [6, 6.07) is 6.75. The molecule has 0 saturated carbocycles. The zero-order valence-electron chi connectivity index (χ0n) is 9.41. The Kier molecular flexibility index (Phi) is 3.40. The van der Waals surface area contributed by atoms with Gasteiger partial charge in [-0.05, 0) is 5.41 Å². The van der Waals surface area contributed by atoms with Crippen molar-refractivity contribution in [3.05, 3.63) is 35.4 Å². The number of hydrogen-bond donors (Lipinski definition) is 0. The van der Waals surface area contributed by atoms with Gasteiger partial charge in [-0.15, -0.1) is 0 Å². The molecular weight excluding hydrogens is 188 g/mol. The molecule has 0 aromatic heterocycles. The quantitative estimate of drug-likeness (QED) is 0.560. The lowest BCUT2D eigenvalue weighted by Crippen LogP contribution is -2.12. The van der Waals surface area contributed by atoms with Crippen LogP contribution in [0.3, 0.4) is 0 Å². The van der Waals surface area contributed by atoms with Crippen LogP contribution in [0.25, 0.3) is 0 Å². The standard InChI is InChI=1S/C13H16O2/c1-13(2,3)8-12(15)11-6-4-10(9-14)5-7-11/h4-7,9H,8H2,1-3H3. The van der Waals surface area contributed by atoms with Crippen LogP contribution in [0.5, 0.6) is 0 Å². The van der Waals surface area contributed by atoms with Gasteiger partial charge >= 0.3 is 0 Å². The Bertz CT molecular complexity index is 355. The average Bonchev–Trinajstić information content (AvgIpc) is 2.15. The summed E-state index contributed by atoms with van der Waals surface area (Å²) in [6.07, 6.45) is 1.30. The second-order valence-corrected chi connectivity index (χ2v) is 4.90. The Hall–Kier alpha value is -1.44. The van der Waals surface area contributed by atoms with Crippen molar-refractivity contribution in [3.8, 4) is 0 Å². The van der Waals surface area contributed by atoms with Crippen LogP contribution < -0.4 is 0 Å². The highest BCUT2D eigenvalue weighted by Crippen LogP contribution is 2.21. The summed E-state index contributed by atoms with van der Waals surface area (Å²) in [5.41, 5.74) is 1.28. The number of ketones is 1. The van der Waals surface area contributed by atoms with E-state index in [-0.39, 0.29) is 11.2 Å². The summed E-state index contributed by atoms with van der Waals surface area (Å²) in [5.74, 6) is 0.125. The fourth-order valence-electron chi connectivity index (χ4n) is 1.33. The van der Waals surface area contributed by atoms with Crippen molar-refractivity contribution in [2.24, 2.45) is 5.41 Å². The fraction of sp³-hybridized carbons (Fsp3) is 0.385. The summed E-state index contributed by atoms with van der Waals surface area (Å²) < 4.78 is 0. The van der Waals surface area contributed by atoms with Gasteiger partial charge in [0.2, 0.25) is 0 Å². The number of Topliss-reactive ketones (excluding diaryl/α,β-unsaturated/α-hetero) is 1. The molecule has 1 aromatic carbocycles. The van der Waals surface area contributed by atoms with E-state index in [0.717, 1.165) is 6.29 Å². The van der Waals surface area contributed by atoms with Gasteiger partial charge in [-0.25, -0.2) is 0 Å². The van der Waals surface area contributed by atoms with E-state index in [4.69, 9.17) is 0 Å². The number of rotatable bonds is 3. The molecule has 0 amide bonds. The first kappa shape index (κ1) is 11.6. The third-order valence-electron chi connectivity index (χ3n) is 2.06. The van der Waals surface area contributed by atoms with E-state index in [0.29, 0.717) is 17.5 Å². The Morgan fingerprint density at radius 2 is 1.73 bits per heavy atom. The van der Waals surface area contributed by atoms with E-state index in [9.17, 15) is 9.59 Å². The van der Waals surface area contributed by atoms with Crippen molar-refractivity contribution in [2.45, 2.75) is 27.2 Å². The number of benzene rings is 1. The molecule has 80 valence electrons. The van der Waals surface area contributed by atoms with Crippen molar-refractivity contribution < 1.29 is 9.59 Å². The van der Waals surface area contributed by atoms with Crippen molar-refractivity contribution in [2.75, 3.05) is 0 Å². The molecule has 0 fully saturated rings. The monoisotopic (exact) mass is 204 g/mol. The van der Waals surface area contributed by atoms with Gasteiger partial charge in [0, 0.05) is 17.5 Å². The van der Waals surface area contributed by atoms with Crippen molar-refractivity contribution in [1.82, 2.24) is 0 Å². The number of carbonyl (C=O) groups excluding carboxylic acids is 2. The van der Waals surface area contributed by atoms with Crippen LogP contribution in [-0.4, -0.2) is 12.1 Å². The minimum atomic E-state index is 0.000411. The van der Waals surface area contributed by atoms with Gasteiger partial charge in [-0.2, -0.15) is 0 Å². The molecule has 0 bridgehead atoms. The maximum Gasteiger partial charge on any atom is 0.163 e. The molecule has 0 heterocycles. The molecule has 0 unspecified atom stereocenters. The molecule has 0 aliphatic rings. The van der Waals surface area contributed by atoms with Crippen LogP contribution in [0.4, 0.5) is 0 Å². The summed E-state index contributed by atoms with van der Waals surface area (Å²) in [4.78, 5) is 22.2. The number of carbonyl (C=O) groups is 2. The van der Waals surface area contributed by atoms with Crippen LogP contribution in [0.2, 0.25) is 0 Å².